The highest BCUT2D eigenvalue weighted by molar-refractivity contribution is 8.03. The van der Waals surface area contributed by atoms with Gasteiger partial charge in [-0.15, -0.1) is 11.8 Å². The summed E-state index contributed by atoms with van der Waals surface area (Å²) in [5, 5.41) is 19.6. The zero-order chi connectivity index (χ0) is 16.0. The summed E-state index contributed by atoms with van der Waals surface area (Å²) in [6.07, 6.45) is 0. The highest BCUT2D eigenvalue weighted by atomic mass is 35.5. The third-order valence-corrected chi connectivity index (χ3v) is 4.34. The van der Waals surface area contributed by atoms with E-state index in [-0.39, 0.29) is 4.36 Å². The van der Waals surface area contributed by atoms with Crippen LogP contribution in [0, 0.1) is 20.2 Å². The Balaban J connectivity index is 3.05. The van der Waals surface area contributed by atoms with Gasteiger partial charge in [0.2, 0.25) is 5.03 Å². The van der Waals surface area contributed by atoms with E-state index in [9.17, 15) is 20.2 Å². The summed E-state index contributed by atoms with van der Waals surface area (Å²) in [6.45, 7) is 0. The van der Waals surface area contributed by atoms with E-state index < -0.39 is 25.7 Å². The summed E-state index contributed by atoms with van der Waals surface area (Å²) in [7, 11) is 0. The Hall–Kier alpha value is -1.28. The van der Waals surface area contributed by atoms with Gasteiger partial charge in [-0.3, -0.25) is 20.2 Å². The van der Waals surface area contributed by atoms with Gasteiger partial charge in [0, 0.05) is 5.75 Å². The zero-order valence-corrected chi connectivity index (χ0v) is 13.2. The van der Waals surface area contributed by atoms with E-state index in [1.165, 1.54) is 0 Å². The molecule has 0 saturated carbocycles. The lowest BCUT2D eigenvalue weighted by atomic mass is 10.2. The quantitative estimate of drug-likeness (QED) is 0.318. The van der Waals surface area contributed by atoms with Gasteiger partial charge in [0.25, 0.3) is 0 Å². The molecule has 21 heavy (non-hydrogen) atoms. The molecule has 0 unspecified atom stereocenters. The van der Waals surface area contributed by atoms with Crippen LogP contribution in [0.4, 0.5) is 0 Å². The molecule has 0 N–H and O–H groups in total. The Kier molecular flexibility index (Phi) is 6.97. The van der Waals surface area contributed by atoms with E-state index in [1.54, 1.807) is 12.1 Å². The van der Waals surface area contributed by atoms with Crippen molar-refractivity contribution in [3.05, 3.63) is 76.4 Å². The maximum Gasteiger partial charge on any atom is 0.362 e. The minimum Gasteiger partial charge on any atom is -0.258 e. The van der Waals surface area contributed by atoms with Crippen LogP contribution in [0.1, 0.15) is 5.56 Å². The van der Waals surface area contributed by atoms with E-state index >= 15 is 0 Å². The second-order valence-electron chi connectivity index (χ2n) is 3.52. The fourth-order valence-electron chi connectivity index (χ4n) is 1.21. The zero-order valence-electron chi connectivity index (χ0n) is 10.2. The van der Waals surface area contributed by atoms with Crippen LogP contribution in [0.2, 0.25) is 0 Å². The monoisotopic (exact) mass is 368 g/mol. The van der Waals surface area contributed by atoms with Gasteiger partial charge in [-0.25, -0.2) is 0 Å². The number of halogens is 3. The molecule has 0 aliphatic carbocycles. The van der Waals surface area contributed by atoms with Gasteiger partial charge in [-0.1, -0.05) is 53.5 Å². The molecule has 0 aliphatic rings. The lowest BCUT2D eigenvalue weighted by Crippen LogP contribution is -2.05. The Labute approximate surface area is 138 Å². The maximum absolute atomic E-state index is 11.0. The van der Waals surface area contributed by atoms with E-state index in [0.29, 0.717) is 5.75 Å². The number of hydrogen-bond donors (Lipinski definition) is 0. The first kappa shape index (κ1) is 17.8. The summed E-state index contributed by atoms with van der Waals surface area (Å²) >= 11 is 17.6. The number of nitro groups is 2. The van der Waals surface area contributed by atoms with Gasteiger partial charge in [-0.2, -0.15) is 0 Å². The van der Waals surface area contributed by atoms with E-state index in [2.05, 4.69) is 0 Å². The second kappa shape index (κ2) is 8.23. The molecule has 10 heteroatoms. The van der Waals surface area contributed by atoms with Gasteiger partial charge >= 0.3 is 10.9 Å². The molecule has 1 aromatic carbocycles. The topological polar surface area (TPSA) is 86.3 Å². The van der Waals surface area contributed by atoms with E-state index in [1.807, 2.05) is 18.2 Å². The molecule has 1 rings (SSSR count). The van der Waals surface area contributed by atoms with Crippen LogP contribution in [0.25, 0.3) is 0 Å². The first-order chi connectivity index (χ1) is 9.84. The molecule has 0 aromatic heterocycles. The van der Waals surface area contributed by atoms with Crippen molar-refractivity contribution in [2.75, 3.05) is 0 Å². The van der Waals surface area contributed by atoms with Crippen molar-refractivity contribution in [3.63, 3.8) is 0 Å². The van der Waals surface area contributed by atoms with Crippen molar-refractivity contribution in [1.82, 2.24) is 0 Å². The molecular weight excluding hydrogens is 363 g/mol. The number of allylic oxidation sites excluding steroid dienone is 1. The summed E-state index contributed by atoms with van der Waals surface area (Å²) < 4.78 is -0.283. The fraction of sp³-hybridized carbons (Fsp3) is 0.0909. The highest BCUT2D eigenvalue weighted by Crippen LogP contribution is 2.34. The number of nitrogens with zero attached hydrogens (tertiary/aromatic N) is 2. The van der Waals surface area contributed by atoms with E-state index in [0.717, 1.165) is 17.3 Å². The fourth-order valence-corrected chi connectivity index (χ4v) is 2.76. The van der Waals surface area contributed by atoms with Crippen molar-refractivity contribution in [1.29, 1.82) is 0 Å². The Morgan fingerprint density at radius 1 is 1.05 bits per heavy atom. The number of benzene rings is 1. The number of rotatable bonds is 6. The molecule has 0 amide bonds. The lowest BCUT2D eigenvalue weighted by Gasteiger charge is -2.02. The van der Waals surface area contributed by atoms with Crippen LogP contribution >= 0.6 is 46.6 Å². The summed E-state index contributed by atoms with van der Waals surface area (Å²) in [4.78, 5) is 19.5. The third-order valence-electron chi connectivity index (χ3n) is 2.13. The van der Waals surface area contributed by atoms with Crippen molar-refractivity contribution in [2.24, 2.45) is 0 Å². The predicted octanol–water partition coefficient (Wildman–Crippen LogP) is 4.53. The van der Waals surface area contributed by atoms with Gasteiger partial charge in [0.15, 0.2) is 4.36 Å². The molecule has 0 spiro atoms. The van der Waals surface area contributed by atoms with Crippen LogP contribution in [0.15, 0.2) is 50.6 Å². The summed E-state index contributed by atoms with van der Waals surface area (Å²) in [6, 6.07) is 9.05. The van der Waals surface area contributed by atoms with Gasteiger partial charge < -0.3 is 0 Å². The first-order valence-corrected chi connectivity index (χ1v) is 7.37. The maximum atomic E-state index is 11.0. The predicted molar refractivity (Wildman–Crippen MR) is 83.3 cm³/mol. The van der Waals surface area contributed by atoms with Crippen molar-refractivity contribution >= 4 is 46.6 Å². The molecule has 112 valence electrons. The van der Waals surface area contributed by atoms with Gasteiger partial charge in [0.1, 0.15) is 0 Å². The van der Waals surface area contributed by atoms with Crippen LogP contribution < -0.4 is 0 Å². The van der Waals surface area contributed by atoms with Crippen molar-refractivity contribution in [3.8, 4) is 0 Å². The van der Waals surface area contributed by atoms with Crippen LogP contribution in [-0.2, 0) is 5.75 Å². The number of hydrogen-bond acceptors (Lipinski definition) is 5. The third kappa shape index (κ3) is 5.20. The second-order valence-corrected chi connectivity index (χ2v) is 5.84. The Bertz CT molecular complexity index is 619. The van der Waals surface area contributed by atoms with Crippen LogP contribution in [-0.4, -0.2) is 9.85 Å². The molecule has 0 atom stereocenters. The van der Waals surface area contributed by atoms with Crippen molar-refractivity contribution in [2.45, 2.75) is 5.75 Å². The normalized spacial score (nSPS) is 13.3. The molecule has 0 heterocycles. The van der Waals surface area contributed by atoms with Crippen LogP contribution in [0.5, 0.6) is 0 Å². The molecule has 0 radical (unpaired) electrons. The molecule has 6 nitrogen and oxygen atoms in total. The highest BCUT2D eigenvalue weighted by Gasteiger charge is 2.30. The molecule has 0 bridgehead atoms. The molecule has 0 saturated heterocycles. The van der Waals surface area contributed by atoms with E-state index in [4.69, 9.17) is 34.8 Å². The molecule has 1 aromatic rings. The average molecular weight is 370 g/mol. The Morgan fingerprint density at radius 2 is 1.62 bits per heavy atom. The SMILES string of the molecule is O=[N+]([O-])/C(Cl)=C(Cl)\C(=C(\Cl)SCc1ccccc1)[N+](=O)[O-]. The first-order valence-electron chi connectivity index (χ1n) is 5.25. The Morgan fingerprint density at radius 3 is 2.10 bits per heavy atom. The summed E-state index contributed by atoms with van der Waals surface area (Å²) in [5.41, 5.74) is 0.0878. The minimum absolute atomic E-state index is 0.283. The van der Waals surface area contributed by atoms with Crippen LogP contribution in [0.3, 0.4) is 0 Å². The largest absolute Gasteiger partial charge is 0.362 e. The molecule has 0 fully saturated rings. The lowest BCUT2D eigenvalue weighted by molar-refractivity contribution is -0.428. The molecular formula is C11H7Cl3N2O4S. The van der Waals surface area contributed by atoms with Gasteiger partial charge in [0.05, 0.1) is 9.85 Å². The number of thioether (sulfide) groups is 1. The van der Waals surface area contributed by atoms with Crippen molar-refractivity contribution < 1.29 is 9.85 Å². The minimum atomic E-state index is -1.05. The summed E-state index contributed by atoms with van der Waals surface area (Å²) in [5.74, 6) is 0.345. The average Bonchev–Trinajstić information content (AvgIpc) is 2.44. The van der Waals surface area contributed by atoms with Gasteiger partial charge in [-0.05, 0) is 17.2 Å². The smallest absolute Gasteiger partial charge is 0.258 e. The molecule has 0 aliphatic heterocycles. The standard InChI is InChI=1S/C11H7Cl3N2O4S/c12-8(10(13)16(19)20)9(15(17)18)11(14)21-6-7-4-2-1-3-5-7/h1-5H,6H2/b10-8+,11-9+.